The molecule has 0 amide bonds. The van der Waals surface area contributed by atoms with Crippen LogP contribution in [0.5, 0.6) is 5.75 Å². The lowest BCUT2D eigenvalue weighted by molar-refractivity contribution is 0.310. The molecule has 0 bridgehead atoms. The van der Waals surface area contributed by atoms with Crippen LogP contribution in [0.2, 0.25) is 0 Å². The number of nitrogens with zero attached hydrogens (tertiary/aromatic N) is 1. The van der Waals surface area contributed by atoms with Crippen molar-refractivity contribution < 1.29 is 4.74 Å². The maximum absolute atomic E-state index is 6.18. The molecule has 0 atom stereocenters. The van der Waals surface area contributed by atoms with Crippen molar-refractivity contribution in [1.82, 2.24) is 4.98 Å². The summed E-state index contributed by atoms with van der Waals surface area (Å²) in [5, 5.41) is 1.04. The number of pyridine rings is 1. The van der Waals surface area contributed by atoms with Gasteiger partial charge in [0.15, 0.2) is 0 Å². The van der Waals surface area contributed by atoms with Gasteiger partial charge in [-0.05, 0) is 46.4 Å². The molecule has 25 heavy (non-hydrogen) atoms. The summed E-state index contributed by atoms with van der Waals surface area (Å²) in [4.78, 5) is 4.82. The number of hydrogen-bond acceptors (Lipinski definition) is 2. The lowest BCUT2D eigenvalue weighted by Gasteiger charge is -2.12. The number of hydrogen-bond donors (Lipinski definition) is 0. The maximum Gasteiger partial charge on any atom is 0.131 e. The van der Waals surface area contributed by atoms with E-state index in [2.05, 4.69) is 65.1 Å². The normalized spacial score (nSPS) is 10.8. The summed E-state index contributed by atoms with van der Waals surface area (Å²) < 4.78 is 7.35. The minimum atomic E-state index is 0.541. The third kappa shape index (κ3) is 3.66. The molecule has 0 saturated carbocycles. The van der Waals surface area contributed by atoms with Gasteiger partial charge in [-0.15, -0.1) is 0 Å². The van der Waals surface area contributed by atoms with Crippen molar-refractivity contribution in [2.75, 3.05) is 0 Å². The van der Waals surface area contributed by atoms with E-state index >= 15 is 0 Å². The topological polar surface area (TPSA) is 22.1 Å². The van der Waals surface area contributed by atoms with Gasteiger partial charge in [0.25, 0.3) is 0 Å². The number of ether oxygens (including phenoxy) is 1. The van der Waals surface area contributed by atoms with Crippen molar-refractivity contribution in [2.24, 2.45) is 0 Å². The largest absolute Gasteiger partial charge is 0.488 e. The van der Waals surface area contributed by atoms with Gasteiger partial charge in [-0.1, -0.05) is 60.7 Å². The third-order valence-electron chi connectivity index (χ3n) is 4.04. The van der Waals surface area contributed by atoms with Crippen LogP contribution in [0.1, 0.15) is 5.56 Å². The zero-order chi connectivity index (χ0) is 17.1. The Labute approximate surface area is 160 Å². The van der Waals surface area contributed by atoms with Crippen LogP contribution in [0.15, 0.2) is 84.9 Å². The number of fused-ring (bicyclic) bond motifs is 1. The van der Waals surface area contributed by atoms with Crippen LogP contribution in [0.25, 0.3) is 22.2 Å². The molecular formula is C22H16INO. The quantitative estimate of drug-likeness (QED) is 0.361. The predicted octanol–water partition coefficient (Wildman–Crippen LogP) is 6.09. The Morgan fingerprint density at radius 2 is 1.52 bits per heavy atom. The van der Waals surface area contributed by atoms with Gasteiger partial charge < -0.3 is 4.74 Å². The molecular weight excluding hydrogens is 421 g/mol. The summed E-state index contributed by atoms with van der Waals surface area (Å²) in [7, 11) is 0. The minimum Gasteiger partial charge on any atom is -0.488 e. The van der Waals surface area contributed by atoms with Crippen LogP contribution in [-0.2, 0) is 6.61 Å². The van der Waals surface area contributed by atoms with Crippen LogP contribution in [0.3, 0.4) is 0 Å². The van der Waals surface area contributed by atoms with Gasteiger partial charge in [-0.25, -0.2) is 4.98 Å². The lowest BCUT2D eigenvalue weighted by Crippen LogP contribution is -1.98. The first-order chi connectivity index (χ1) is 12.3. The van der Waals surface area contributed by atoms with Crippen molar-refractivity contribution in [3.63, 3.8) is 0 Å². The molecule has 3 aromatic carbocycles. The molecule has 0 saturated heterocycles. The smallest absolute Gasteiger partial charge is 0.131 e. The highest BCUT2D eigenvalue weighted by Crippen LogP contribution is 2.31. The fraction of sp³-hybridized carbons (Fsp3) is 0.0455. The summed E-state index contributed by atoms with van der Waals surface area (Å²) in [6, 6.07) is 28.7. The van der Waals surface area contributed by atoms with Crippen LogP contribution >= 0.6 is 22.6 Å². The summed E-state index contributed by atoms with van der Waals surface area (Å²) in [6.07, 6.45) is 0. The van der Waals surface area contributed by atoms with Gasteiger partial charge in [0.05, 0.1) is 11.2 Å². The molecule has 0 aliphatic heterocycles. The Balaban J connectivity index is 1.78. The molecule has 3 heteroatoms. The van der Waals surface area contributed by atoms with Gasteiger partial charge >= 0.3 is 0 Å². The third-order valence-corrected chi connectivity index (χ3v) is 4.71. The second-order valence-electron chi connectivity index (χ2n) is 5.81. The van der Waals surface area contributed by atoms with Crippen molar-refractivity contribution in [2.45, 2.75) is 6.61 Å². The van der Waals surface area contributed by atoms with E-state index in [1.54, 1.807) is 0 Å². The summed E-state index contributed by atoms with van der Waals surface area (Å²) >= 11 is 2.32. The number of rotatable bonds is 4. The van der Waals surface area contributed by atoms with Gasteiger partial charge in [0, 0.05) is 20.6 Å². The van der Waals surface area contributed by atoms with Gasteiger partial charge in [-0.2, -0.15) is 0 Å². The Morgan fingerprint density at radius 3 is 2.28 bits per heavy atom. The van der Waals surface area contributed by atoms with Crippen molar-refractivity contribution >= 4 is 33.5 Å². The predicted molar refractivity (Wildman–Crippen MR) is 111 cm³/mol. The SMILES string of the molecule is Ic1ccc2nc(-c3ccccc3)cc(OCc3ccccc3)c2c1. The molecule has 0 unspecified atom stereocenters. The highest BCUT2D eigenvalue weighted by Gasteiger charge is 2.09. The molecule has 0 aliphatic rings. The molecule has 122 valence electrons. The van der Waals surface area contributed by atoms with E-state index in [1.165, 1.54) is 3.57 Å². The highest BCUT2D eigenvalue weighted by atomic mass is 127. The summed E-state index contributed by atoms with van der Waals surface area (Å²) in [6.45, 7) is 0.541. The van der Waals surface area contributed by atoms with Crippen molar-refractivity contribution in [1.29, 1.82) is 0 Å². The second-order valence-corrected chi connectivity index (χ2v) is 7.05. The minimum absolute atomic E-state index is 0.541. The average molecular weight is 437 g/mol. The molecule has 0 aliphatic carbocycles. The summed E-state index contributed by atoms with van der Waals surface area (Å²) in [5.41, 5.74) is 4.12. The zero-order valence-corrected chi connectivity index (χ0v) is 15.7. The first-order valence-corrected chi connectivity index (χ1v) is 9.20. The number of aromatic nitrogens is 1. The molecule has 0 spiro atoms. The maximum atomic E-state index is 6.18. The van der Waals surface area contributed by atoms with E-state index in [9.17, 15) is 0 Å². The molecule has 2 nitrogen and oxygen atoms in total. The van der Waals surface area contributed by atoms with Crippen LogP contribution in [0.4, 0.5) is 0 Å². The van der Waals surface area contributed by atoms with E-state index in [0.29, 0.717) is 6.61 Å². The Bertz CT molecular complexity index is 1000. The molecule has 4 aromatic rings. The van der Waals surface area contributed by atoms with Crippen molar-refractivity contribution in [3.05, 3.63) is 94.1 Å². The van der Waals surface area contributed by atoms with E-state index in [1.807, 2.05) is 42.5 Å². The van der Waals surface area contributed by atoms with Crippen LogP contribution < -0.4 is 4.74 Å². The van der Waals surface area contributed by atoms with Gasteiger partial charge in [-0.3, -0.25) is 0 Å². The Morgan fingerprint density at radius 1 is 0.800 bits per heavy atom. The fourth-order valence-electron chi connectivity index (χ4n) is 2.78. The van der Waals surface area contributed by atoms with E-state index in [4.69, 9.17) is 9.72 Å². The first-order valence-electron chi connectivity index (χ1n) is 8.12. The summed E-state index contributed by atoms with van der Waals surface area (Å²) in [5.74, 6) is 0.867. The Kier molecular flexibility index (Phi) is 4.65. The number of benzene rings is 3. The molecule has 0 fully saturated rings. The second kappa shape index (κ2) is 7.23. The zero-order valence-electron chi connectivity index (χ0n) is 13.5. The number of halogens is 1. The Hall–Kier alpha value is -2.40. The van der Waals surface area contributed by atoms with E-state index in [0.717, 1.165) is 33.5 Å². The van der Waals surface area contributed by atoms with Crippen molar-refractivity contribution in [3.8, 4) is 17.0 Å². The molecule has 4 rings (SSSR count). The molecule has 0 radical (unpaired) electrons. The molecule has 1 heterocycles. The van der Waals surface area contributed by atoms with E-state index in [-0.39, 0.29) is 0 Å². The van der Waals surface area contributed by atoms with E-state index < -0.39 is 0 Å². The molecule has 1 aromatic heterocycles. The highest BCUT2D eigenvalue weighted by molar-refractivity contribution is 14.1. The monoisotopic (exact) mass is 437 g/mol. The molecule has 0 N–H and O–H groups in total. The van der Waals surface area contributed by atoms with Gasteiger partial charge in [0.1, 0.15) is 12.4 Å². The fourth-order valence-corrected chi connectivity index (χ4v) is 3.27. The standard InChI is InChI=1S/C22H16INO/c23-18-11-12-20-19(13-18)22(25-15-16-7-3-1-4-8-16)14-21(24-20)17-9-5-2-6-10-17/h1-14H,15H2. The van der Waals surface area contributed by atoms with Crippen LogP contribution in [-0.4, -0.2) is 4.98 Å². The average Bonchev–Trinajstić information content (AvgIpc) is 2.67. The first kappa shape index (κ1) is 16.1. The van der Waals surface area contributed by atoms with Crippen LogP contribution in [0, 0.1) is 3.57 Å². The van der Waals surface area contributed by atoms with Gasteiger partial charge in [0.2, 0.25) is 0 Å². The lowest BCUT2D eigenvalue weighted by atomic mass is 10.1.